The van der Waals surface area contributed by atoms with Crippen LogP contribution in [0.1, 0.15) is 11.1 Å². The van der Waals surface area contributed by atoms with Crippen molar-refractivity contribution < 1.29 is 14.3 Å². The van der Waals surface area contributed by atoms with Crippen LogP contribution < -0.4 is 0 Å². The van der Waals surface area contributed by atoms with Crippen molar-refractivity contribution in [1.29, 1.82) is 0 Å². The summed E-state index contributed by atoms with van der Waals surface area (Å²) in [5.41, 5.74) is 2.09. The van der Waals surface area contributed by atoms with Crippen LogP contribution in [0.2, 0.25) is 0 Å². The first kappa shape index (κ1) is 14.0. The Hall–Kier alpha value is -2.10. The standard InChI is InChI=1S/C14H17NO3/c1-11-5-4-6-12(9-11)7-8-13(16)15(2)10-14(17)18-3/h4-9H,10H2,1-3H3/b8-7+. The number of rotatable bonds is 4. The average Bonchev–Trinajstić information content (AvgIpc) is 2.35. The number of nitrogens with zero attached hydrogens (tertiary/aromatic N) is 1. The maximum absolute atomic E-state index is 11.7. The first-order chi connectivity index (χ1) is 8.52. The molecular weight excluding hydrogens is 230 g/mol. The number of esters is 1. The zero-order chi connectivity index (χ0) is 13.5. The van der Waals surface area contributed by atoms with Crippen LogP contribution in [0.3, 0.4) is 0 Å². The third-order valence-corrected chi connectivity index (χ3v) is 2.43. The molecule has 0 saturated heterocycles. The molecule has 0 bridgehead atoms. The maximum Gasteiger partial charge on any atom is 0.325 e. The van der Waals surface area contributed by atoms with E-state index in [2.05, 4.69) is 4.74 Å². The van der Waals surface area contributed by atoms with E-state index >= 15 is 0 Å². The molecule has 0 saturated carbocycles. The van der Waals surface area contributed by atoms with Gasteiger partial charge in [-0.2, -0.15) is 0 Å². The van der Waals surface area contributed by atoms with Crippen LogP contribution in [-0.4, -0.2) is 37.5 Å². The van der Waals surface area contributed by atoms with E-state index in [-0.39, 0.29) is 12.5 Å². The summed E-state index contributed by atoms with van der Waals surface area (Å²) in [4.78, 5) is 24.0. The quantitative estimate of drug-likeness (QED) is 0.600. The predicted octanol–water partition coefficient (Wildman–Crippen LogP) is 1.64. The molecule has 1 amide bonds. The van der Waals surface area contributed by atoms with Gasteiger partial charge in [0, 0.05) is 13.1 Å². The zero-order valence-electron chi connectivity index (χ0n) is 10.8. The molecule has 0 aliphatic rings. The van der Waals surface area contributed by atoms with E-state index in [1.54, 1.807) is 13.1 Å². The van der Waals surface area contributed by atoms with Gasteiger partial charge in [0.05, 0.1) is 7.11 Å². The summed E-state index contributed by atoms with van der Waals surface area (Å²) in [7, 11) is 2.85. The number of benzene rings is 1. The number of carbonyl (C=O) groups excluding carboxylic acids is 2. The van der Waals surface area contributed by atoms with Gasteiger partial charge in [0.25, 0.3) is 0 Å². The fourth-order valence-electron chi connectivity index (χ4n) is 1.40. The van der Waals surface area contributed by atoms with Gasteiger partial charge < -0.3 is 9.64 Å². The molecular formula is C14H17NO3. The average molecular weight is 247 g/mol. The Balaban J connectivity index is 2.61. The maximum atomic E-state index is 11.7. The Morgan fingerprint density at radius 2 is 2.11 bits per heavy atom. The van der Waals surface area contributed by atoms with Gasteiger partial charge >= 0.3 is 5.97 Å². The van der Waals surface area contributed by atoms with Crippen LogP contribution in [0, 0.1) is 6.92 Å². The van der Waals surface area contributed by atoms with Crippen LogP contribution in [0.25, 0.3) is 6.08 Å². The number of hydrogen-bond donors (Lipinski definition) is 0. The summed E-state index contributed by atoms with van der Waals surface area (Å²) in [5, 5.41) is 0. The van der Waals surface area contributed by atoms with Crippen molar-refractivity contribution in [2.75, 3.05) is 20.7 Å². The third kappa shape index (κ3) is 4.41. The Bertz CT molecular complexity index is 466. The topological polar surface area (TPSA) is 46.6 Å². The van der Waals surface area contributed by atoms with Gasteiger partial charge in [-0.25, -0.2) is 0 Å². The highest BCUT2D eigenvalue weighted by molar-refractivity contribution is 5.93. The summed E-state index contributed by atoms with van der Waals surface area (Å²) in [6.45, 7) is 1.94. The minimum Gasteiger partial charge on any atom is -0.468 e. The number of amides is 1. The predicted molar refractivity (Wildman–Crippen MR) is 69.9 cm³/mol. The van der Waals surface area contributed by atoms with Crippen LogP contribution in [0.5, 0.6) is 0 Å². The SMILES string of the molecule is COC(=O)CN(C)C(=O)/C=C/c1cccc(C)c1. The van der Waals surface area contributed by atoms with Crippen LogP contribution in [0.4, 0.5) is 0 Å². The van der Waals surface area contributed by atoms with E-state index in [1.165, 1.54) is 18.1 Å². The minimum absolute atomic E-state index is 0.0481. The molecule has 0 spiro atoms. The molecule has 0 unspecified atom stereocenters. The lowest BCUT2D eigenvalue weighted by atomic mass is 10.1. The number of hydrogen-bond acceptors (Lipinski definition) is 3. The number of aryl methyl sites for hydroxylation is 1. The van der Waals surface area contributed by atoms with Crippen LogP contribution >= 0.6 is 0 Å². The largest absolute Gasteiger partial charge is 0.468 e. The summed E-state index contributed by atoms with van der Waals surface area (Å²) < 4.78 is 4.49. The molecule has 1 aromatic rings. The van der Waals surface area contributed by atoms with Crippen molar-refractivity contribution in [1.82, 2.24) is 4.90 Å². The Kier molecular flexibility index (Phi) is 5.11. The molecule has 0 heterocycles. The lowest BCUT2D eigenvalue weighted by Crippen LogP contribution is -2.31. The minimum atomic E-state index is -0.435. The van der Waals surface area contributed by atoms with E-state index in [9.17, 15) is 9.59 Å². The van der Waals surface area contributed by atoms with Gasteiger partial charge in [-0.1, -0.05) is 29.8 Å². The van der Waals surface area contributed by atoms with Crippen molar-refractivity contribution in [3.05, 3.63) is 41.5 Å². The first-order valence-electron chi connectivity index (χ1n) is 5.59. The van der Waals surface area contributed by atoms with E-state index in [4.69, 9.17) is 0 Å². The van der Waals surface area contributed by atoms with Crippen molar-refractivity contribution in [3.63, 3.8) is 0 Å². The second-order valence-electron chi connectivity index (χ2n) is 4.02. The highest BCUT2D eigenvalue weighted by Crippen LogP contribution is 2.06. The van der Waals surface area contributed by atoms with Gasteiger partial charge in [-0.05, 0) is 18.6 Å². The summed E-state index contributed by atoms with van der Waals surface area (Å²) in [6.07, 6.45) is 3.17. The highest BCUT2D eigenvalue weighted by atomic mass is 16.5. The van der Waals surface area contributed by atoms with E-state index in [0.29, 0.717) is 0 Å². The smallest absolute Gasteiger partial charge is 0.325 e. The van der Waals surface area contributed by atoms with Crippen molar-refractivity contribution >= 4 is 18.0 Å². The fraction of sp³-hybridized carbons (Fsp3) is 0.286. The summed E-state index contributed by atoms with van der Waals surface area (Å²) in [5.74, 6) is -0.670. The Labute approximate surface area is 107 Å². The number of carbonyl (C=O) groups is 2. The molecule has 0 aromatic heterocycles. The molecule has 0 fully saturated rings. The molecule has 0 N–H and O–H groups in total. The second kappa shape index (κ2) is 6.59. The molecule has 4 nitrogen and oxygen atoms in total. The van der Waals surface area contributed by atoms with E-state index < -0.39 is 5.97 Å². The first-order valence-corrected chi connectivity index (χ1v) is 5.59. The lowest BCUT2D eigenvalue weighted by molar-refractivity contribution is -0.144. The van der Waals surface area contributed by atoms with Crippen molar-refractivity contribution in [2.24, 2.45) is 0 Å². The van der Waals surface area contributed by atoms with Crippen molar-refractivity contribution in [3.8, 4) is 0 Å². The monoisotopic (exact) mass is 247 g/mol. The molecule has 4 heteroatoms. The second-order valence-corrected chi connectivity index (χ2v) is 4.02. The Morgan fingerprint density at radius 3 is 2.72 bits per heavy atom. The fourth-order valence-corrected chi connectivity index (χ4v) is 1.40. The normalized spacial score (nSPS) is 10.4. The zero-order valence-corrected chi connectivity index (χ0v) is 10.8. The lowest BCUT2D eigenvalue weighted by Gasteiger charge is -2.12. The van der Waals surface area contributed by atoms with Gasteiger partial charge in [-0.3, -0.25) is 9.59 Å². The summed E-state index contributed by atoms with van der Waals surface area (Å²) in [6, 6.07) is 7.81. The van der Waals surface area contributed by atoms with Gasteiger partial charge in [-0.15, -0.1) is 0 Å². The molecule has 96 valence electrons. The molecule has 0 radical (unpaired) electrons. The molecule has 1 rings (SSSR count). The van der Waals surface area contributed by atoms with Gasteiger partial charge in [0.1, 0.15) is 6.54 Å². The molecule has 1 aromatic carbocycles. The van der Waals surface area contributed by atoms with E-state index in [1.807, 2.05) is 31.2 Å². The van der Waals surface area contributed by atoms with Crippen LogP contribution in [-0.2, 0) is 14.3 Å². The van der Waals surface area contributed by atoms with E-state index in [0.717, 1.165) is 11.1 Å². The molecule has 0 aliphatic carbocycles. The Morgan fingerprint density at radius 1 is 1.39 bits per heavy atom. The molecule has 18 heavy (non-hydrogen) atoms. The molecule has 0 atom stereocenters. The third-order valence-electron chi connectivity index (χ3n) is 2.43. The van der Waals surface area contributed by atoms with Gasteiger partial charge in [0.2, 0.25) is 5.91 Å². The number of likely N-dealkylation sites (N-methyl/N-ethyl adjacent to an activating group) is 1. The molecule has 0 aliphatic heterocycles. The van der Waals surface area contributed by atoms with Crippen molar-refractivity contribution in [2.45, 2.75) is 6.92 Å². The number of ether oxygens (including phenoxy) is 1. The van der Waals surface area contributed by atoms with Crippen LogP contribution in [0.15, 0.2) is 30.3 Å². The van der Waals surface area contributed by atoms with Gasteiger partial charge in [0.15, 0.2) is 0 Å². The number of methoxy groups -OCH3 is 1. The summed E-state index contributed by atoms with van der Waals surface area (Å²) >= 11 is 0. The highest BCUT2D eigenvalue weighted by Gasteiger charge is 2.09.